The van der Waals surface area contributed by atoms with Crippen LogP contribution < -0.4 is 4.74 Å². The van der Waals surface area contributed by atoms with Gasteiger partial charge in [0.2, 0.25) is 0 Å². The van der Waals surface area contributed by atoms with Gasteiger partial charge in [-0.3, -0.25) is 9.78 Å². The first-order chi connectivity index (χ1) is 9.20. The van der Waals surface area contributed by atoms with Crippen molar-refractivity contribution in [1.29, 1.82) is 0 Å². The van der Waals surface area contributed by atoms with Crippen LogP contribution in [-0.2, 0) is 0 Å². The Morgan fingerprint density at radius 1 is 1.26 bits per heavy atom. The number of carbonyl (C=O) groups is 1. The summed E-state index contributed by atoms with van der Waals surface area (Å²) in [6.07, 6.45) is 4.88. The fourth-order valence-electron chi connectivity index (χ4n) is 1.57. The van der Waals surface area contributed by atoms with Gasteiger partial charge >= 0.3 is 0 Å². The van der Waals surface area contributed by atoms with Crippen LogP contribution in [-0.4, -0.2) is 28.1 Å². The first kappa shape index (κ1) is 13.5. The summed E-state index contributed by atoms with van der Waals surface area (Å²) in [6.45, 7) is 1.87. The standard InChI is InChI=1S/C14H14N2O2S/c1-10(19-13-9-15-7-8-16-13)14(17)11-3-5-12(18-2)6-4-11/h3-10H,1-2H3. The maximum absolute atomic E-state index is 12.2. The summed E-state index contributed by atoms with van der Waals surface area (Å²) in [4.78, 5) is 20.4. The minimum Gasteiger partial charge on any atom is -0.497 e. The van der Waals surface area contributed by atoms with Gasteiger partial charge in [-0.15, -0.1) is 0 Å². The molecule has 0 spiro atoms. The molecule has 0 amide bonds. The molecule has 4 nitrogen and oxygen atoms in total. The molecule has 2 aromatic rings. The molecular formula is C14H14N2O2S. The molecule has 19 heavy (non-hydrogen) atoms. The van der Waals surface area contributed by atoms with Gasteiger partial charge in [0.1, 0.15) is 10.8 Å². The van der Waals surface area contributed by atoms with E-state index < -0.39 is 0 Å². The van der Waals surface area contributed by atoms with Crippen molar-refractivity contribution < 1.29 is 9.53 Å². The van der Waals surface area contributed by atoms with Gasteiger partial charge in [0.05, 0.1) is 18.6 Å². The third-order valence-electron chi connectivity index (χ3n) is 2.58. The highest BCUT2D eigenvalue weighted by Gasteiger charge is 2.17. The van der Waals surface area contributed by atoms with E-state index in [4.69, 9.17) is 4.74 Å². The van der Waals surface area contributed by atoms with Gasteiger partial charge in [-0.2, -0.15) is 0 Å². The smallest absolute Gasteiger partial charge is 0.175 e. The molecule has 0 aliphatic carbocycles. The molecular weight excluding hydrogens is 260 g/mol. The van der Waals surface area contributed by atoms with Gasteiger partial charge in [-0.05, 0) is 31.2 Å². The molecule has 5 heteroatoms. The van der Waals surface area contributed by atoms with E-state index >= 15 is 0 Å². The van der Waals surface area contributed by atoms with E-state index in [1.165, 1.54) is 11.8 Å². The molecule has 0 aliphatic heterocycles. The summed E-state index contributed by atoms with van der Waals surface area (Å²) in [5.74, 6) is 0.809. The van der Waals surface area contributed by atoms with E-state index in [-0.39, 0.29) is 11.0 Å². The lowest BCUT2D eigenvalue weighted by molar-refractivity contribution is 0.0994. The molecule has 0 N–H and O–H groups in total. The highest BCUT2D eigenvalue weighted by Crippen LogP contribution is 2.23. The molecule has 0 aliphatic rings. The predicted molar refractivity (Wildman–Crippen MR) is 74.7 cm³/mol. The topological polar surface area (TPSA) is 52.1 Å². The number of benzene rings is 1. The zero-order chi connectivity index (χ0) is 13.7. The summed E-state index contributed by atoms with van der Waals surface area (Å²) in [5.41, 5.74) is 0.671. The average molecular weight is 274 g/mol. The number of rotatable bonds is 5. The number of carbonyl (C=O) groups excluding carboxylic acids is 1. The summed E-state index contributed by atoms with van der Waals surface area (Å²) in [7, 11) is 1.60. The van der Waals surface area contributed by atoms with Crippen LogP contribution in [0.25, 0.3) is 0 Å². The summed E-state index contributed by atoms with van der Waals surface area (Å²) < 4.78 is 5.07. The number of methoxy groups -OCH3 is 1. The minimum absolute atomic E-state index is 0.0679. The second-order valence-corrected chi connectivity index (χ2v) is 5.26. The van der Waals surface area contributed by atoms with Crippen molar-refractivity contribution in [3.8, 4) is 5.75 Å². The molecule has 0 saturated carbocycles. The van der Waals surface area contributed by atoms with Crippen LogP contribution in [0.3, 0.4) is 0 Å². The monoisotopic (exact) mass is 274 g/mol. The van der Waals surface area contributed by atoms with Crippen molar-refractivity contribution in [2.24, 2.45) is 0 Å². The molecule has 98 valence electrons. The van der Waals surface area contributed by atoms with Crippen LogP contribution in [0.15, 0.2) is 47.9 Å². The molecule has 1 atom stereocenters. The highest BCUT2D eigenvalue weighted by molar-refractivity contribution is 8.00. The van der Waals surface area contributed by atoms with Crippen molar-refractivity contribution in [3.63, 3.8) is 0 Å². The molecule has 1 unspecified atom stereocenters. The fraction of sp³-hybridized carbons (Fsp3) is 0.214. The molecule has 1 heterocycles. The first-order valence-electron chi connectivity index (χ1n) is 5.81. The van der Waals surface area contributed by atoms with Crippen LogP contribution in [0.5, 0.6) is 5.75 Å². The van der Waals surface area contributed by atoms with E-state index in [0.717, 1.165) is 10.8 Å². The third kappa shape index (κ3) is 3.54. The third-order valence-corrected chi connectivity index (χ3v) is 3.60. The molecule has 0 radical (unpaired) electrons. The Morgan fingerprint density at radius 3 is 2.58 bits per heavy atom. The first-order valence-corrected chi connectivity index (χ1v) is 6.69. The summed E-state index contributed by atoms with van der Waals surface area (Å²) in [6, 6.07) is 7.11. The van der Waals surface area contributed by atoms with Crippen molar-refractivity contribution in [2.75, 3.05) is 7.11 Å². The quantitative estimate of drug-likeness (QED) is 0.620. The van der Waals surface area contributed by atoms with Crippen molar-refractivity contribution >= 4 is 17.5 Å². The minimum atomic E-state index is -0.204. The second kappa shape index (κ2) is 6.33. The predicted octanol–water partition coefficient (Wildman–Crippen LogP) is 2.85. The number of Topliss-reactive ketones (excluding diaryl/α,β-unsaturated/α-hetero) is 1. The molecule has 0 fully saturated rings. The molecule has 0 bridgehead atoms. The number of aromatic nitrogens is 2. The Labute approximate surface area is 116 Å². The van der Waals surface area contributed by atoms with Gasteiger partial charge in [0, 0.05) is 18.0 Å². The number of ketones is 1. The van der Waals surface area contributed by atoms with Crippen LogP contribution in [0, 0.1) is 0 Å². The Morgan fingerprint density at radius 2 is 2.00 bits per heavy atom. The Balaban J connectivity index is 2.06. The Kier molecular flexibility index (Phi) is 4.52. The number of nitrogens with zero attached hydrogens (tertiary/aromatic N) is 2. The largest absolute Gasteiger partial charge is 0.497 e. The van der Waals surface area contributed by atoms with E-state index in [0.29, 0.717) is 5.56 Å². The Bertz CT molecular complexity index is 543. The fourth-order valence-corrected chi connectivity index (χ4v) is 2.42. The zero-order valence-corrected chi connectivity index (χ0v) is 11.6. The summed E-state index contributed by atoms with van der Waals surface area (Å²) in [5, 5.41) is 0.543. The SMILES string of the molecule is COc1ccc(C(=O)C(C)Sc2cnccn2)cc1. The maximum Gasteiger partial charge on any atom is 0.175 e. The van der Waals surface area contributed by atoms with E-state index in [1.54, 1.807) is 50.0 Å². The number of hydrogen-bond acceptors (Lipinski definition) is 5. The van der Waals surface area contributed by atoms with Crippen LogP contribution in [0.2, 0.25) is 0 Å². The van der Waals surface area contributed by atoms with Crippen molar-refractivity contribution in [2.45, 2.75) is 17.2 Å². The van der Waals surface area contributed by atoms with Crippen molar-refractivity contribution in [1.82, 2.24) is 9.97 Å². The van der Waals surface area contributed by atoms with Gasteiger partial charge in [0.15, 0.2) is 5.78 Å². The van der Waals surface area contributed by atoms with E-state index in [9.17, 15) is 4.79 Å². The van der Waals surface area contributed by atoms with Crippen LogP contribution >= 0.6 is 11.8 Å². The lowest BCUT2D eigenvalue weighted by Gasteiger charge is -2.09. The number of hydrogen-bond donors (Lipinski definition) is 0. The number of ether oxygens (including phenoxy) is 1. The molecule has 1 aromatic carbocycles. The van der Waals surface area contributed by atoms with Crippen molar-refractivity contribution in [3.05, 3.63) is 48.4 Å². The molecule has 0 saturated heterocycles. The average Bonchev–Trinajstić information content (AvgIpc) is 2.47. The van der Waals surface area contributed by atoms with Gasteiger partial charge in [0.25, 0.3) is 0 Å². The zero-order valence-electron chi connectivity index (χ0n) is 10.7. The normalized spacial score (nSPS) is 11.9. The highest BCUT2D eigenvalue weighted by atomic mass is 32.2. The summed E-state index contributed by atoms with van der Waals surface area (Å²) >= 11 is 1.40. The second-order valence-electron chi connectivity index (χ2n) is 3.90. The van der Waals surface area contributed by atoms with Gasteiger partial charge < -0.3 is 4.74 Å². The molecule has 1 aromatic heterocycles. The molecule has 2 rings (SSSR count). The van der Waals surface area contributed by atoms with Crippen LogP contribution in [0.1, 0.15) is 17.3 Å². The Hall–Kier alpha value is -1.88. The van der Waals surface area contributed by atoms with Gasteiger partial charge in [-0.1, -0.05) is 11.8 Å². The lowest BCUT2D eigenvalue weighted by Crippen LogP contribution is -2.13. The maximum atomic E-state index is 12.2. The van der Waals surface area contributed by atoms with E-state index in [1.807, 2.05) is 6.92 Å². The lowest BCUT2D eigenvalue weighted by atomic mass is 10.1. The van der Waals surface area contributed by atoms with E-state index in [2.05, 4.69) is 9.97 Å². The van der Waals surface area contributed by atoms with Gasteiger partial charge in [-0.25, -0.2) is 4.98 Å². The number of thioether (sulfide) groups is 1. The van der Waals surface area contributed by atoms with Crippen LogP contribution in [0.4, 0.5) is 0 Å².